The number of aromatic nitrogens is 5. The van der Waals surface area contributed by atoms with Crippen LogP contribution >= 0.6 is 27.5 Å². The average molecular weight is 314 g/mol. The van der Waals surface area contributed by atoms with Gasteiger partial charge in [-0.15, -0.1) is 14.6 Å². The van der Waals surface area contributed by atoms with Crippen LogP contribution in [0.5, 0.6) is 0 Å². The minimum Gasteiger partial charge on any atom is -0.137 e. The summed E-state index contributed by atoms with van der Waals surface area (Å²) < 4.78 is 4.90. The van der Waals surface area contributed by atoms with E-state index in [1.807, 2.05) is 24.3 Å². The van der Waals surface area contributed by atoms with Crippen molar-refractivity contribution in [2.24, 2.45) is 4.20 Å². The van der Waals surface area contributed by atoms with E-state index in [-0.39, 0.29) is 0 Å². The number of fused-ring (bicyclic) bond motifs is 1. The number of nitrogens with one attached hydrogen (secondary N) is 1. The molecule has 0 aliphatic rings. The second-order valence-corrected chi connectivity index (χ2v) is 4.13. The summed E-state index contributed by atoms with van der Waals surface area (Å²) in [5.41, 5.74) is 0.995. The summed E-state index contributed by atoms with van der Waals surface area (Å²) in [4.78, 5) is 12.9. The van der Waals surface area contributed by atoms with Gasteiger partial charge in [0, 0.05) is 9.30 Å². The number of benzene rings is 1. The van der Waals surface area contributed by atoms with Crippen LogP contribution in [0.1, 0.15) is 0 Å². The summed E-state index contributed by atoms with van der Waals surface area (Å²) in [6, 6.07) is 8.00. The summed E-state index contributed by atoms with van der Waals surface area (Å²) in [6.45, 7) is 0. The summed E-state index contributed by atoms with van der Waals surface area (Å²) in [6.07, 6.45) is 1.59. The van der Waals surface area contributed by atoms with Crippen molar-refractivity contribution in [3.05, 3.63) is 35.5 Å². The van der Waals surface area contributed by atoms with E-state index in [9.17, 15) is 0 Å². The predicted molar refractivity (Wildman–Crippen MR) is 65.8 cm³/mol. The standard InChI is InChI=1S/C8H5N5S.BrNO/c1-2-4-7-6(3-1)10-8(14-7)13-5-9-11-12-13;1-2-3/h1-5H;/p+1. The molecule has 0 aliphatic heterocycles. The van der Waals surface area contributed by atoms with Gasteiger partial charge in [0.1, 0.15) is 26.9 Å². The van der Waals surface area contributed by atoms with Crippen LogP contribution < -0.4 is 4.68 Å². The number of para-hydroxylation sites is 1. The van der Waals surface area contributed by atoms with Gasteiger partial charge in [0.15, 0.2) is 0 Å². The van der Waals surface area contributed by atoms with Crippen molar-refractivity contribution in [3.63, 3.8) is 0 Å². The first-order valence-electron chi connectivity index (χ1n) is 4.42. The summed E-state index contributed by atoms with van der Waals surface area (Å²) in [7, 11) is 0. The van der Waals surface area contributed by atoms with E-state index in [2.05, 4.69) is 40.9 Å². The zero-order chi connectivity index (χ0) is 12.1. The minimum atomic E-state index is 0.844. The third kappa shape index (κ3) is 2.68. The molecule has 0 aliphatic carbocycles. The maximum absolute atomic E-state index is 8.47. The number of hydrogen-bond acceptors (Lipinski definition) is 6. The fourth-order valence-electron chi connectivity index (χ4n) is 1.23. The zero-order valence-corrected chi connectivity index (χ0v) is 10.7. The maximum Gasteiger partial charge on any atom is 0.313 e. The number of tetrazole rings is 1. The number of aromatic amines is 1. The number of hydrogen-bond donors (Lipinski definition) is 1. The Kier molecular flexibility index (Phi) is 3.83. The molecule has 7 nitrogen and oxygen atoms in total. The van der Waals surface area contributed by atoms with Gasteiger partial charge in [-0.05, 0) is 12.1 Å². The molecule has 0 saturated carbocycles. The molecular formula is C8H6BrN6OS+. The molecular weight excluding hydrogens is 308 g/mol. The van der Waals surface area contributed by atoms with Gasteiger partial charge in [0.2, 0.25) is 0 Å². The number of H-pyrrole nitrogens is 1. The van der Waals surface area contributed by atoms with E-state index >= 15 is 0 Å². The topological polar surface area (TPSA) is 87.8 Å². The Morgan fingerprint density at radius 3 is 2.82 bits per heavy atom. The van der Waals surface area contributed by atoms with Gasteiger partial charge in [-0.3, -0.25) is 0 Å². The Morgan fingerprint density at radius 1 is 1.41 bits per heavy atom. The normalized spacial score (nSPS) is 9.71. The molecule has 86 valence electrons. The molecule has 0 atom stereocenters. The number of thiazole rings is 1. The Bertz CT molecular complexity index is 576. The van der Waals surface area contributed by atoms with Crippen LogP contribution in [0.15, 0.2) is 34.8 Å². The van der Waals surface area contributed by atoms with E-state index in [1.54, 1.807) is 22.3 Å². The molecule has 0 fully saturated rings. The molecule has 1 N–H and O–H groups in total. The third-order valence-corrected chi connectivity index (χ3v) is 2.90. The van der Waals surface area contributed by atoms with Crippen molar-refractivity contribution in [2.75, 3.05) is 0 Å². The first kappa shape index (κ1) is 11.7. The van der Waals surface area contributed by atoms with Crippen LogP contribution in [0.2, 0.25) is 0 Å². The Morgan fingerprint density at radius 2 is 2.18 bits per heavy atom. The molecule has 0 amide bonds. The van der Waals surface area contributed by atoms with Crippen LogP contribution in [0.25, 0.3) is 15.3 Å². The van der Waals surface area contributed by atoms with Crippen molar-refractivity contribution >= 4 is 37.7 Å². The summed E-state index contributed by atoms with van der Waals surface area (Å²) >= 11 is 3.81. The second kappa shape index (κ2) is 5.55. The van der Waals surface area contributed by atoms with E-state index in [4.69, 9.17) is 4.91 Å². The van der Waals surface area contributed by atoms with Crippen LogP contribution in [0.4, 0.5) is 0 Å². The largest absolute Gasteiger partial charge is 0.313 e. The lowest BCUT2D eigenvalue weighted by Gasteiger charge is -1.80. The van der Waals surface area contributed by atoms with Gasteiger partial charge < -0.3 is 0 Å². The zero-order valence-electron chi connectivity index (χ0n) is 8.32. The fraction of sp³-hybridized carbons (Fsp3) is 0. The number of halogens is 1. The van der Waals surface area contributed by atoms with E-state index in [1.165, 1.54) is 0 Å². The molecule has 0 saturated heterocycles. The van der Waals surface area contributed by atoms with Gasteiger partial charge in [0.05, 0.1) is 4.70 Å². The SMILES string of the molecule is O=NBr.c1ccc2sc(-[n+]3cnn[nH]3)nc2c1. The lowest BCUT2D eigenvalue weighted by Crippen LogP contribution is -2.31. The molecule has 2 aromatic heterocycles. The van der Waals surface area contributed by atoms with Crippen molar-refractivity contribution < 1.29 is 4.68 Å². The Balaban J connectivity index is 0.000000329. The van der Waals surface area contributed by atoms with Crippen LogP contribution in [0, 0.1) is 4.91 Å². The van der Waals surface area contributed by atoms with Crippen molar-refractivity contribution in [1.29, 1.82) is 0 Å². The molecule has 1 aromatic carbocycles. The summed E-state index contributed by atoms with van der Waals surface area (Å²) in [5.74, 6) is 0. The second-order valence-electron chi connectivity index (χ2n) is 2.83. The quantitative estimate of drug-likeness (QED) is 0.547. The first-order chi connectivity index (χ1) is 8.35. The molecule has 0 bridgehead atoms. The highest BCUT2D eigenvalue weighted by atomic mass is 79.9. The Labute approximate surface area is 108 Å². The van der Waals surface area contributed by atoms with Crippen molar-refractivity contribution in [2.45, 2.75) is 0 Å². The Hall–Kier alpha value is -1.74. The molecule has 0 radical (unpaired) electrons. The van der Waals surface area contributed by atoms with E-state index in [0.29, 0.717) is 0 Å². The molecule has 3 aromatic rings. The number of nitrogens with zero attached hydrogens (tertiary/aromatic N) is 5. The highest BCUT2D eigenvalue weighted by molar-refractivity contribution is 9.08. The van der Waals surface area contributed by atoms with Gasteiger partial charge in [0.25, 0.3) is 6.33 Å². The maximum atomic E-state index is 8.47. The van der Waals surface area contributed by atoms with Gasteiger partial charge >= 0.3 is 5.13 Å². The van der Waals surface area contributed by atoms with Crippen molar-refractivity contribution in [3.8, 4) is 5.13 Å². The molecule has 0 unspecified atom stereocenters. The highest BCUT2D eigenvalue weighted by Gasteiger charge is 2.11. The van der Waals surface area contributed by atoms with Crippen LogP contribution in [-0.4, -0.2) is 20.5 Å². The summed E-state index contributed by atoms with van der Waals surface area (Å²) in [5, 5.41) is 10.9. The van der Waals surface area contributed by atoms with Gasteiger partial charge in [-0.2, -0.15) is 0 Å². The third-order valence-electron chi connectivity index (χ3n) is 1.87. The fourth-order valence-corrected chi connectivity index (χ4v) is 2.12. The molecule has 3 rings (SSSR count). The van der Waals surface area contributed by atoms with E-state index < -0.39 is 0 Å². The lowest BCUT2D eigenvalue weighted by atomic mass is 10.3. The number of nitroso groups, excluding NO2 is 1. The lowest BCUT2D eigenvalue weighted by molar-refractivity contribution is -0.659. The predicted octanol–water partition coefficient (Wildman–Crippen LogP) is 1.75. The molecule has 0 spiro atoms. The number of rotatable bonds is 1. The van der Waals surface area contributed by atoms with Gasteiger partial charge in [-0.1, -0.05) is 28.7 Å². The van der Waals surface area contributed by atoms with Crippen molar-refractivity contribution in [1.82, 2.24) is 20.5 Å². The molecule has 9 heteroatoms. The molecule has 17 heavy (non-hydrogen) atoms. The first-order valence-corrected chi connectivity index (χ1v) is 5.95. The average Bonchev–Trinajstić information content (AvgIpc) is 2.99. The van der Waals surface area contributed by atoms with Crippen LogP contribution in [-0.2, 0) is 0 Å². The molecule has 2 heterocycles. The van der Waals surface area contributed by atoms with Gasteiger partial charge in [-0.25, -0.2) is 0 Å². The monoisotopic (exact) mass is 313 g/mol. The minimum absolute atomic E-state index is 0.844. The van der Waals surface area contributed by atoms with Crippen LogP contribution in [0.3, 0.4) is 0 Å². The van der Waals surface area contributed by atoms with E-state index in [0.717, 1.165) is 15.3 Å². The smallest absolute Gasteiger partial charge is 0.137 e. The highest BCUT2D eigenvalue weighted by Crippen LogP contribution is 2.20.